The second-order valence-electron chi connectivity index (χ2n) is 6.17. The number of rotatable bonds is 2. The summed E-state index contributed by atoms with van der Waals surface area (Å²) in [5, 5.41) is 0. The molecule has 2 aliphatic carbocycles. The van der Waals surface area contributed by atoms with E-state index in [1.165, 1.54) is 27.8 Å². The van der Waals surface area contributed by atoms with Crippen LogP contribution in [0.4, 0.5) is 0 Å². The fourth-order valence-electron chi connectivity index (χ4n) is 3.66. The molecule has 2 aliphatic rings. The molecule has 0 nitrogen and oxygen atoms in total. The Hall–Kier alpha value is -1.12. The van der Waals surface area contributed by atoms with Gasteiger partial charge in [-0.1, -0.05) is 67.3 Å². The Bertz CT molecular complexity index is 776. The van der Waals surface area contributed by atoms with E-state index in [9.17, 15) is 0 Å². The largest absolute Gasteiger partial charge is 0.0775 e. The van der Waals surface area contributed by atoms with Gasteiger partial charge in [-0.2, -0.15) is 0 Å². The van der Waals surface area contributed by atoms with Gasteiger partial charge in [0.15, 0.2) is 0 Å². The van der Waals surface area contributed by atoms with Crippen molar-refractivity contribution >= 4 is 31.9 Å². The molecule has 2 aromatic rings. The standard InChI is InChI=1S/C20H16Br2/c1-12-2-3-13(8-12)9-18-19-10-14(21)4-6-16(19)17-7-5-15(22)11-20(17)18/h2,4-8,10-11,18H,3,9H2,1H3. The normalized spacial score (nSPS) is 16.3. The predicted molar refractivity (Wildman–Crippen MR) is 100 cm³/mol. The smallest absolute Gasteiger partial charge is 0.0178 e. The molecule has 22 heavy (non-hydrogen) atoms. The molecule has 110 valence electrons. The average Bonchev–Trinajstić information content (AvgIpc) is 3.02. The molecule has 0 bridgehead atoms. The molecule has 2 aromatic carbocycles. The molecule has 2 heteroatoms. The fourth-order valence-corrected chi connectivity index (χ4v) is 4.42. The maximum atomic E-state index is 3.64. The van der Waals surface area contributed by atoms with Crippen LogP contribution in [0.1, 0.15) is 36.8 Å². The van der Waals surface area contributed by atoms with E-state index < -0.39 is 0 Å². The van der Waals surface area contributed by atoms with E-state index in [-0.39, 0.29) is 0 Å². The van der Waals surface area contributed by atoms with Crippen molar-refractivity contribution in [2.45, 2.75) is 25.7 Å². The Morgan fingerprint density at radius 1 is 0.955 bits per heavy atom. The minimum Gasteiger partial charge on any atom is -0.0775 e. The first-order valence-electron chi connectivity index (χ1n) is 7.57. The maximum absolute atomic E-state index is 3.64. The molecule has 4 rings (SSSR count). The van der Waals surface area contributed by atoms with E-state index >= 15 is 0 Å². The summed E-state index contributed by atoms with van der Waals surface area (Å²) >= 11 is 7.28. The second kappa shape index (κ2) is 5.50. The molecule has 0 heterocycles. The summed E-state index contributed by atoms with van der Waals surface area (Å²) in [6, 6.07) is 13.4. The number of allylic oxidation sites excluding steroid dienone is 4. The molecule has 0 N–H and O–H groups in total. The van der Waals surface area contributed by atoms with Crippen molar-refractivity contribution in [1.29, 1.82) is 0 Å². The van der Waals surface area contributed by atoms with E-state index in [1.807, 2.05) is 0 Å². The highest BCUT2D eigenvalue weighted by molar-refractivity contribution is 9.10. The van der Waals surface area contributed by atoms with E-state index in [1.54, 1.807) is 5.57 Å². The zero-order valence-electron chi connectivity index (χ0n) is 12.4. The molecular weight excluding hydrogens is 400 g/mol. The molecule has 0 fully saturated rings. The molecule has 0 aliphatic heterocycles. The highest BCUT2D eigenvalue weighted by Crippen LogP contribution is 2.49. The van der Waals surface area contributed by atoms with Gasteiger partial charge < -0.3 is 0 Å². The van der Waals surface area contributed by atoms with Crippen LogP contribution in [-0.2, 0) is 0 Å². The van der Waals surface area contributed by atoms with Gasteiger partial charge in [0, 0.05) is 14.9 Å². The van der Waals surface area contributed by atoms with Crippen molar-refractivity contribution in [3.8, 4) is 11.1 Å². The summed E-state index contributed by atoms with van der Waals surface area (Å²) in [4.78, 5) is 0. The lowest BCUT2D eigenvalue weighted by atomic mass is 9.89. The van der Waals surface area contributed by atoms with Gasteiger partial charge in [0.1, 0.15) is 0 Å². The van der Waals surface area contributed by atoms with Crippen molar-refractivity contribution < 1.29 is 0 Å². The van der Waals surface area contributed by atoms with Gasteiger partial charge >= 0.3 is 0 Å². The molecule has 0 spiro atoms. The highest BCUT2D eigenvalue weighted by Gasteiger charge is 2.29. The fraction of sp³-hybridized carbons (Fsp3) is 0.200. The van der Waals surface area contributed by atoms with E-state index in [2.05, 4.69) is 87.3 Å². The Kier molecular flexibility index (Phi) is 3.62. The summed E-state index contributed by atoms with van der Waals surface area (Å²) in [7, 11) is 0. The van der Waals surface area contributed by atoms with Crippen molar-refractivity contribution in [2.24, 2.45) is 0 Å². The lowest BCUT2D eigenvalue weighted by Crippen LogP contribution is -1.98. The maximum Gasteiger partial charge on any atom is 0.0178 e. The lowest BCUT2D eigenvalue weighted by Gasteiger charge is -2.15. The van der Waals surface area contributed by atoms with Crippen LogP contribution >= 0.6 is 31.9 Å². The van der Waals surface area contributed by atoms with Crippen LogP contribution in [0, 0.1) is 0 Å². The lowest BCUT2D eigenvalue weighted by molar-refractivity contribution is 0.804. The zero-order chi connectivity index (χ0) is 15.3. The predicted octanol–water partition coefficient (Wildman–Crippen LogP) is 6.99. The number of fused-ring (bicyclic) bond motifs is 3. The monoisotopic (exact) mass is 414 g/mol. The minimum atomic E-state index is 0.463. The van der Waals surface area contributed by atoms with Gasteiger partial charge in [0.2, 0.25) is 0 Å². The molecule has 0 aromatic heterocycles. The van der Waals surface area contributed by atoms with Crippen LogP contribution in [0.5, 0.6) is 0 Å². The first kappa shape index (κ1) is 14.5. The van der Waals surface area contributed by atoms with Crippen LogP contribution in [0.15, 0.2) is 68.6 Å². The minimum absolute atomic E-state index is 0.463. The first-order valence-corrected chi connectivity index (χ1v) is 9.16. The van der Waals surface area contributed by atoms with Gasteiger partial charge in [-0.25, -0.2) is 0 Å². The summed E-state index contributed by atoms with van der Waals surface area (Å²) < 4.78 is 2.33. The van der Waals surface area contributed by atoms with E-state index in [4.69, 9.17) is 0 Å². The van der Waals surface area contributed by atoms with Gasteiger partial charge in [-0.05, 0) is 66.3 Å². The summed E-state index contributed by atoms with van der Waals surface area (Å²) in [6.45, 7) is 2.19. The third-order valence-corrected chi connectivity index (χ3v) is 5.64. The van der Waals surface area contributed by atoms with Crippen LogP contribution < -0.4 is 0 Å². The van der Waals surface area contributed by atoms with Crippen LogP contribution in [0.2, 0.25) is 0 Å². The Labute approximate surface area is 148 Å². The quantitative estimate of drug-likeness (QED) is 0.495. The molecule has 0 saturated heterocycles. The van der Waals surface area contributed by atoms with Gasteiger partial charge in [-0.3, -0.25) is 0 Å². The molecule has 0 radical (unpaired) electrons. The van der Waals surface area contributed by atoms with Gasteiger partial charge in [-0.15, -0.1) is 0 Å². The van der Waals surface area contributed by atoms with E-state index in [0.717, 1.165) is 21.8 Å². The number of halogens is 2. The summed E-state index contributed by atoms with van der Waals surface area (Å²) in [5.41, 5.74) is 8.62. The van der Waals surface area contributed by atoms with Crippen LogP contribution in [-0.4, -0.2) is 0 Å². The third-order valence-electron chi connectivity index (χ3n) is 4.65. The van der Waals surface area contributed by atoms with Gasteiger partial charge in [0.05, 0.1) is 0 Å². The Balaban J connectivity index is 1.82. The topological polar surface area (TPSA) is 0 Å². The van der Waals surface area contributed by atoms with Crippen LogP contribution in [0.3, 0.4) is 0 Å². The Morgan fingerprint density at radius 3 is 2.05 bits per heavy atom. The van der Waals surface area contributed by atoms with Crippen molar-refractivity contribution in [3.05, 3.63) is 79.8 Å². The molecular formula is C20H16Br2. The van der Waals surface area contributed by atoms with Crippen LogP contribution in [0.25, 0.3) is 11.1 Å². The first-order chi connectivity index (χ1) is 10.6. The molecule has 0 unspecified atom stereocenters. The number of hydrogen-bond donors (Lipinski definition) is 0. The van der Waals surface area contributed by atoms with Crippen molar-refractivity contribution in [3.63, 3.8) is 0 Å². The number of benzene rings is 2. The van der Waals surface area contributed by atoms with E-state index in [0.29, 0.717) is 5.92 Å². The molecule has 0 saturated carbocycles. The Morgan fingerprint density at radius 2 is 1.55 bits per heavy atom. The second-order valence-corrected chi connectivity index (χ2v) is 8.01. The average molecular weight is 416 g/mol. The number of hydrogen-bond acceptors (Lipinski definition) is 0. The SMILES string of the molecule is CC1=CCC(CC2c3cc(Br)ccc3-c3ccc(Br)cc32)=C1. The van der Waals surface area contributed by atoms with Crippen molar-refractivity contribution in [2.75, 3.05) is 0 Å². The summed E-state index contributed by atoms with van der Waals surface area (Å²) in [6.07, 6.45) is 6.90. The molecule has 0 atom stereocenters. The summed E-state index contributed by atoms with van der Waals surface area (Å²) in [5.74, 6) is 0.463. The third kappa shape index (κ3) is 2.43. The van der Waals surface area contributed by atoms with Gasteiger partial charge in [0.25, 0.3) is 0 Å². The highest BCUT2D eigenvalue weighted by atomic mass is 79.9. The van der Waals surface area contributed by atoms with Crippen molar-refractivity contribution in [1.82, 2.24) is 0 Å². The molecule has 0 amide bonds. The zero-order valence-corrected chi connectivity index (χ0v) is 15.5.